The summed E-state index contributed by atoms with van der Waals surface area (Å²) in [6.07, 6.45) is 0. The van der Waals surface area contributed by atoms with E-state index in [4.69, 9.17) is 20.1 Å². The number of hydrogen-bond donors (Lipinski definition) is 4. The normalized spacial score (nSPS) is 20.1. The molecule has 2 aliphatic rings. The minimum Gasteiger partial charge on any atom is -0.479 e. The summed E-state index contributed by atoms with van der Waals surface area (Å²) in [6.45, 7) is 0.886. The van der Waals surface area contributed by atoms with Gasteiger partial charge >= 0.3 is 11.9 Å². The number of aliphatic carboxylic acids is 1. The Bertz CT molecular complexity index is 1520. The molecule has 0 radical (unpaired) electrons. The first-order chi connectivity index (χ1) is 20.0. The Labute approximate surface area is 248 Å². The second-order valence-corrected chi connectivity index (χ2v) is 11.0. The van der Waals surface area contributed by atoms with E-state index in [1.54, 1.807) is 0 Å². The van der Waals surface area contributed by atoms with Gasteiger partial charge in [0.1, 0.15) is 43.6 Å². The number of nitrogens with two attached hydrogens (primary N) is 1. The van der Waals surface area contributed by atoms with Crippen LogP contribution in [0.5, 0.6) is 0 Å². The second-order valence-electron chi connectivity index (χ2n) is 8.25. The number of nitrogen functional groups attached to an aromatic ring is 1. The molecule has 0 aliphatic carbocycles. The first-order valence-electron chi connectivity index (χ1n) is 11.6. The predicted molar refractivity (Wildman–Crippen MR) is 151 cm³/mol. The number of carbonyl (C=O) groups excluding carboxylic acids is 4. The average Bonchev–Trinajstić information content (AvgIpc) is 3.59. The molecule has 20 heteroatoms. The van der Waals surface area contributed by atoms with Gasteiger partial charge in [0, 0.05) is 23.3 Å². The molecule has 2 aromatic heterocycles. The Hall–Kier alpha value is -4.56. The highest BCUT2D eigenvalue weighted by Crippen LogP contribution is 2.40. The average molecular weight is 639 g/mol. The van der Waals surface area contributed by atoms with E-state index >= 15 is 0 Å². The van der Waals surface area contributed by atoms with E-state index in [1.807, 2.05) is 0 Å². The highest BCUT2D eigenvalue weighted by atomic mass is 32.2. The van der Waals surface area contributed by atoms with Crippen molar-refractivity contribution in [3.63, 3.8) is 0 Å². The molecule has 0 aromatic carbocycles. The van der Waals surface area contributed by atoms with Gasteiger partial charge in [-0.05, 0) is 5.41 Å². The van der Waals surface area contributed by atoms with Crippen LogP contribution in [0.4, 0.5) is 10.3 Å². The summed E-state index contributed by atoms with van der Waals surface area (Å²) >= 11 is 3.17. The van der Waals surface area contributed by atoms with Crippen molar-refractivity contribution in [2.75, 3.05) is 31.9 Å². The molecule has 0 saturated carbocycles. The molecule has 1 unspecified atom stereocenters. The van der Waals surface area contributed by atoms with Crippen molar-refractivity contribution in [1.29, 1.82) is 0 Å². The fourth-order valence-corrected chi connectivity index (χ4v) is 6.25. The van der Waals surface area contributed by atoms with E-state index in [9.17, 15) is 29.1 Å². The lowest BCUT2D eigenvalue weighted by molar-refractivity contribution is -0.160. The molecule has 3 amide bonds. The maximum Gasteiger partial charge on any atom is 0.330 e. The van der Waals surface area contributed by atoms with Crippen LogP contribution < -0.4 is 16.4 Å². The van der Waals surface area contributed by atoms with Crippen LogP contribution >= 0.6 is 34.4 Å². The Kier molecular flexibility index (Phi) is 9.38. The number of oxime groups is 2. The lowest BCUT2D eigenvalue weighted by atomic mass is 9.98. The smallest absolute Gasteiger partial charge is 0.330 e. The number of nitrogens with zero attached hydrogens (tertiary/aromatic N) is 5. The number of carbonyl (C=O) groups is 5. The Morgan fingerprint density at radius 2 is 1.71 bits per heavy atom. The van der Waals surface area contributed by atoms with E-state index in [1.165, 1.54) is 37.3 Å². The number of anilines is 2. The Morgan fingerprint density at radius 3 is 2.31 bits per heavy atom. The monoisotopic (exact) mass is 638 g/mol. The first kappa shape index (κ1) is 30.4. The number of hydrogen-bond acceptors (Lipinski definition) is 16. The molecule has 2 aliphatic heterocycles. The molecule has 17 nitrogen and oxygen atoms in total. The molecule has 1 saturated heterocycles. The molecule has 222 valence electrons. The standard InChI is InChI=1S/C22H22N8O9S3/c1-8(31)39-4-9-5-40-19-14(18(34)30(19)15(9)20(35)36)26-16(32)13(29-38-3)11-7-42-22(25-11)27-17(33)12(28-37-2)10-6-41-21(23)24-10/h5-7,14-15,19H,4H2,1-3H3,(H2,23,24)(H,26,32)(H,35,36)(H,25,27,33)/b28-12-,29-13-/t14-,15?,19-/m1/s1. The molecule has 4 heterocycles. The third-order valence-electron chi connectivity index (χ3n) is 5.56. The molecule has 4 rings (SSSR count). The van der Waals surface area contributed by atoms with Gasteiger partial charge in [-0.15, -0.1) is 34.4 Å². The summed E-state index contributed by atoms with van der Waals surface area (Å²) in [7, 11) is 2.46. The SMILES string of the molecule is CO/N=C(\C(=O)Nc1nc(/C(=N/OC)C(=O)N[C@@H]2C(=O)N3C(C(=O)O)C(COC(C)=O)=CS[C@H]23)cs1)c1csc(N)n1. The zero-order valence-electron chi connectivity index (χ0n) is 21.9. The van der Waals surface area contributed by atoms with Crippen LogP contribution in [-0.4, -0.2) is 99.3 Å². The van der Waals surface area contributed by atoms with Crippen LogP contribution in [0.1, 0.15) is 18.3 Å². The van der Waals surface area contributed by atoms with Gasteiger partial charge < -0.3 is 35.5 Å². The molecule has 0 spiro atoms. The van der Waals surface area contributed by atoms with Crippen LogP contribution in [0.15, 0.2) is 32.1 Å². The number of carboxylic acids is 1. The number of aromatic nitrogens is 2. The van der Waals surface area contributed by atoms with Gasteiger partial charge in [0.15, 0.2) is 27.7 Å². The summed E-state index contributed by atoms with van der Waals surface area (Å²) < 4.78 is 4.90. The van der Waals surface area contributed by atoms with Crippen LogP contribution in [0, 0.1) is 0 Å². The highest BCUT2D eigenvalue weighted by Gasteiger charge is 2.56. The van der Waals surface area contributed by atoms with Crippen LogP contribution in [-0.2, 0) is 38.4 Å². The molecule has 2 aromatic rings. The molecule has 0 bridgehead atoms. The van der Waals surface area contributed by atoms with Crippen molar-refractivity contribution in [1.82, 2.24) is 20.2 Å². The quantitative estimate of drug-likeness (QED) is 0.108. The van der Waals surface area contributed by atoms with Crippen molar-refractivity contribution in [3.05, 3.63) is 33.1 Å². The zero-order chi connectivity index (χ0) is 30.6. The van der Waals surface area contributed by atoms with E-state index < -0.39 is 47.1 Å². The van der Waals surface area contributed by atoms with Gasteiger partial charge in [-0.3, -0.25) is 24.5 Å². The van der Waals surface area contributed by atoms with Crippen molar-refractivity contribution in [2.45, 2.75) is 24.4 Å². The van der Waals surface area contributed by atoms with Crippen LogP contribution in [0.2, 0.25) is 0 Å². The van der Waals surface area contributed by atoms with Crippen LogP contribution in [0.3, 0.4) is 0 Å². The van der Waals surface area contributed by atoms with Crippen LogP contribution in [0.25, 0.3) is 0 Å². The fourth-order valence-electron chi connectivity index (χ4n) is 3.81. The molecule has 1 fully saturated rings. The third kappa shape index (κ3) is 6.34. The number of ether oxygens (including phenoxy) is 1. The van der Waals surface area contributed by atoms with Crippen molar-refractivity contribution in [2.24, 2.45) is 10.3 Å². The van der Waals surface area contributed by atoms with Gasteiger partial charge in [0.25, 0.3) is 11.8 Å². The Balaban J connectivity index is 1.46. The summed E-state index contributed by atoms with van der Waals surface area (Å²) in [6, 6.07) is -2.45. The number of fused-ring (bicyclic) bond motifs is 1. The number of thioether (sulfide) groups is 1. The van der Waals surface area contributed by atoms with E-state index in [-0.39, 0.29) is 45.3 Å². The van der Waals surface area contributed by atoms with Gasteiger partial charge in [-0.1, -0.05) is 10.3 Å². The number of β-lactam (4-membered cyclic amide) rings is 1. The molecular weight excluding hydrogens is 616 g/mol. The Morgan fingerprint density at radius 1 is 1.07 bits per heavy atom. The number of rotatable bonds is 11. The fraction of sp³-hybridized carbons (Fsp3) is 0.318. The second kappa shape index (κ2) is 13.0. The summed E-state index contributed by atoms with van der Waals surface area (Å²) in [5.41, 5.74) is 5.59. The maximum absolute atomic E-state index is 13.2. The van der Waals surface area contributed by atoms with Gasteiger partial charge in [0.05, 0.1) is 0 Å². The summed E-state index contributed by atoms with van der Waals surface area (Å²) in [5, 5.41) is 26.2. The first-order valence-corrected chi connectivity index (χ1v) is 14.3. The number of thiazole rings is 2. The van der Waals surface area contributed by atoms with Gasteiger partial charge in [-0.2, -0.15) is 0 Å². The van der Waals surface area contributed by atoms with E-state index in [0.717, 1.165) is 39.3 Å². The number of esters is 1. The molecular formula is C22H22N8O9S3. The summed E-state index contributed by atoms with van der Waals surface area (Å²) in [4.78, 5) is 80.8. The topological polar surface area (TPSA) is 237 Å². The van der Waals surface area contributed by atoms with Crippen molar-refractivity contribution >= 4 is 85.8 Å². The molecule has 42 heavy (non-hydrogen) atoms. The largest absolute Gasteiger partial charge is 0.479 e. The number of carboxylic acid groups (broad SMARTS) is 1. The van der Waals surface area contributed by atoms with Gasteiger partial charge in [-0.25, -0.2) is 14.8 Å². The lowest BCUT2D eigenvalue weighted by Crippen LogP contribution is -2.74. The summed E-state index contributed by atoms with van der Waals surface area (Å²) in [5.74, 6) is -4.11. The number of nitrogens with one attached hydrogen (secondary N) is 2. The van der Waals surface area contributed by atoms with Gasteiger partial charge in [0.2, 0.25) is 5.91 Å². The third-order valence-corrected chi connectivity index (χ3v) is 8.21. The molecule has 5 N–H and O–H groups in total. The van der Waals surface area contributed by atoms with Crippen molar-refractivity contribution < 1.29 is 43.5 Å². The van der Waals surface area contributed by atoms with E-state index in [0.29, 0.717) is 0 Å². The zero-order valence-corrected chi connectivity index (χ0v) is 24.4. The molecule has 3 atom stereocenters. The highest BCUT2D eigenvalue weighted by molar-refractivity contribution is 8.03. The minimum absolute atomic E-state index is 0.0182. The number of amides is 3. The van der Waals surface area contributed by atoms with Crippen molar-refractivity contribution in [3.8, 4) is 0 Å². The lowest BCUT2D eigenvalue weighted by Gasteiger charge is -2.51. The van der Waals surface area contributed by atoms with E-state index in [2.05, 4.69) is 30.9 Å². The maximum atomic E-state index is 13.2. The predicted octanol–water partition coefficient (Wildman–Crippen LogP) is -0.178. The minimum atomic E-state index is -1.36.